The van der Waals surface area contributed by atoms with Crippen LogP contribution in [0, 0.1) is 18.3 Å². The van der Waals surface area contributed by atoms with Crippen LogP contribution in [0.25, 0.3) is 10.4 Å². The van der Waals surface area contributed by atoms with Crippen molar-refractivity contribution >= 4 is 29.0 Å². The maximum atomic E-state index is 14.0. The number of thiazole rings is 1. The summed E-state index contributed by atoms with van der Waals surface area (Å²) in [4.78, 5) is 37.0. The summed E-state index contributed by atoms with van der Waals surface area (Å²) in [5.41, 5.74) is 5.41. The molecule has 1 aromatic carbocycles. The summed E-state index contributed by atoms with van der Waals surface area (Å²) in [7, 11) is 0. The summed E-state index contributed by atoms with van der Waals surface area (Å²) in [5, 5.41) is 11.0. The van der Waals surface area contributed by atoms with Gasteiger partial charge in [0, 0.05) is 31.1 Å². The normalized spacial score (nSPS) is 21.4. The summed E-state index contributed by atoms with van der Waals surface area (Å²) in [6.45, 7) is 12.8. The molecular formula is C32H42N6O3S. The Hall–Kier alpha value is -3.24. The second kappa shape index (κ2) is 11.8. The minimum atomic E-state index is -0.488. The molecule has 0 aliphatic carbocycles. The molecule has 3 aromatic rings. The van der Waals surface area contributed by atoms with Gasteiger partial charge in [-0.3, -0.25) is 9.59 Å². The molecule has 9 nitrogen and oxygen atoms in total. The summed E-state index contributed by atoms with van der Waals surface area (Å²) in [5.74, 6) is 0.772. The van der Waals surface area contributed by atoms with Crippen molar-refractivity contribution in [3.05, 3.63) is 52.9 Å². The highest BCUT2D eigenvalue weighted by atomic mass is 32.1. The zero-order valence-electron chi connectivity index (χ0n) is 25.1. The number of anilines is 1. The molecule has 3 aliphatic heterocycles. The second-order valence-electron chi connectivity index (χ2n) is 12.7. The highest BCUT2D eigenvalue weighted by molar-refractivity contribution is 7.13. The van der Waals surface area contributed by atoms with Gasteiger partial charge in [-0.2, -0.15) is 0 Å². The van der Waals surface area contributed by atoms with Crippen molar-refractivity contribution in [1.29, 1.82) is 0 Å². The predicted molar refractivity (Wildman–Crippen MR) is 164 cm³/mol. The standard InChI is InChI=1S/C32H42N6O3S/c1-20(2)28(26-16-27(36-41-26)37-17-32(18-37)11-13-33-14-12-32)31(40)38-15-5-6-25(38)30(39)35-21(3)23-7-9-24(10-8-23)29-22(4)34-19-42-29/h7-10,16,19-21,25,28,33H,5-6,11-15,17-18H2,1-4H3,(H,35,39)/t21?,25-,28?/m0/s1. The monoisotopic (exact) mass is 590 g/mol. The number of benzene rings is 1. The number of amides is 2. The zero-order chi connectivity index (χ0) is 29.4. The van der Waals surface area contributed by atoms with Crippen LogP contribution in [0.5, 0.6) is 0 Å². The molecule has 3 saturated heterocycles. The van der Waals surface area contributed by atoms with Crippen LogP contribution in [0.15, 0.2) is 40.4 Å². The SMILES string of the molecule is Cc1ncsc1-c1ccc(C(C)NC(=O)[C@@H]2CCCN2C(=O)C(c2cc(N3CC4(CCNCC4)C3)no2)C(C)C)cc1. The first-order valence-corrected chi connectivity index (χ1v) is 16.2. The molecule has 6 rings (SSSR count). The number of hydrogen-bond donors (Lipinski definition) is 2. The van der Waals surface area contributed by atoms with E-state index in [1.54, 1.807) is 16.2 Å². The van der Waals surface area contributed by atoms with E-state index in [2.05, 4.69) is 49.9 Å². The van der Waals surface area contributed by atoms with E-state index < -0.39 is 12.0 Å². The quantitative estimate of drug-likeness (QED) is 0.385. The smallest absolute Gasteiger partial charge is 0.243 e. The van der Waals surface area contributed by atoms with Gasteiger partial charge in [-0.1, -0.05) is 43.3 Å². The van der Waals surface area contributed by atoms with Crippen LogP contribution < -0.4 is 15.5 Å². The molecule has 2 amide bonds. The fraction of sp³-hybridized carbons (Fsp3) is 0.562. The lowest BCUT2D eigenvalue weighted by molar-refractivity contribution is -0.141. The second-order valence-corrected chi connectivity index (χ2v) is 13.6. The van der Waals surface area contributed by atoms with E-state index in [0.717, 1.165) is 60.1 Å². The van der Waals surface area contributed by atoms with Crippen molar-refractivity contribution in [3.8, 4) is 10.4 Å². The van der Waals surface area contributed by atoms with E-state index >= 15 is 0 Å². The average molecular weight is 591 g/mol. The van der Waals surface area contributed by atoms with Crippen molar-refractivity contribution < 1.29 is 14.1 Å². The summed E-state index contributed by atoms with van der Waals surface area (Å²) < 4.78 is 5.81. The molecular weight excluding hydrogens is 548 g/mol. The van der Waals surface area contributed by atoms with E-state index in [1.165, 1.54) is 12.8 Å². The van der Waals surface area contributed by atoms with Crippen LogP contribution >= 0.6 is 11.3 Å². The Balaban J connectivity index is 1.10. The number of carbonyl (C=O) groups excluding carboxylic acids is 2. The van der Waals surface area contributed by atoms with Crippen LogP contribution in [-0.2, 0) is 9.59 Å². The zero-order valence-corrected chi connectivity index (χ0v) is 25.9. The van der Waals surface area contributed by atoms with Crippen molar-refractivity contribution in [2.75, 3.05) is 37.6 Å². The predicted octanol–water partition coefficient (Wildman–Crippen LogP) is 4.90. The van der Waals surface area contributed by atoms with Crippen LogP contribution in [-0.4, -0.2) is 65.6 Å². The highest BCUT2D eigenvalue weighted by Crippen LogP contribution is 2.42. The van der Waals surface area contributed by atoms with Gasteiger partial charge in [-0.05, 0) is 69.7 Å². The van der Waals surface area contributed by atoms with Gasteiger partial charge in [0.25, 0.3) is 0 Å². The number of rotatable bonds is 8. The maximum Gasteiger partial charge on any atom is 0.243 e. The van der Waals surface area contributed by atoms with Gasteiger partial charge in [-0.15, -0.1) is 11.3 Å². The van der Waals surface area contributed by atoms with Crippen LogP contribution in [0.1, 0.15) is 75.4 Å². The van der Waals surface area contributed by atoms with Crippen molar-refractivity contribution in [2.45, 2.75) is 71.4 Å². The third-order valence-electron chi connectivity index (χ3n) is 9.41. The summed E-state index contributed by atoms with van der Waals surface area (Å²) >= 11 is 1.63. The van der Waals surface area contributed by atoms with Crippen LogP contribution in [0.3, 0.4) is 0 Å². The molecule has 0 radical (unpaired) electrons. The molecule has 1 spiro atoms. The Morgan fingerprint density at radius 1 is 1.14 bits per heavy atom. The van der Waals surface area contributed by atoms with Gasteiger partial charge in [0.05, 0.1) is 22.1 Å². The Morgan fingerprint density at radius 2 is 1.88 bits per heavy atom. The first kappa shape index (κ1) is 28.9. The van der Waals surface area contributed by atoms with Crippen LogP contribution in [0.4, 0.5) is 5.82 Å². The number of likely N-dealkylation sites (tertiary alicyclic amines) is 1. The minimum Gasteiger partial charge on any atom is -0.358 e. The lowest BCUT2D eigenvalue weighted by Crippen LogP contribution is -2.60. The largest absolute Gasteiger partial charge is 0.358 e. The lowest BCUT2D eigenvalue weighted by atomic mass is 9.72. The Bertz CT molecular complexity index is 1400. The molecule has 2 N–H and O–H groups in total. The Labute approximate surface area is 252 Å². The number of aromatic nitrogens is 2. The van der Waals surface area contributed by atoms with E-state index in [9.17, 15) is 9.59 Å². The molecule has 0 bridgehead atoms. The van der Waals surface area contributed by atoms with E-state index in [4.69, 9.17) is 4.52 Å². The molecule has 3 aliphatic rings. The van der Waals surface area contributed by atoms with Gasteiger partial charge in [-0.25, -0.2) is 4.98 Å². The average Bonchev–Trinajstić information content (AvgIpc) is 3.73. The van der Waals surface area contributed by atoms with Crippen molar-refractivity contribution in [1.82, 2.24) is 25.7 Å². The number of nitrogens with zero attached hydrogens (tertiary/aromatic N) is 4. The van der Waals surface area contributed by atoms with Gasteiger partial charge in [0.2, 0.25) is 11.8 Å². The van der Waals surface area contributed by atoms with Crippen LogP contribution in [0.2, 0.25) is 0 Å². The van der Waals surface area contributed by atoms with E-state index in [-0.39, 0.29) is 23.8 Å². The Morgan fingerprint density at radius 3 is 2.55 bits per heavy atom. The number of hydrogen-bond acceptors (Lipinski definition) is 8. The van der Waals surface area contributed by atoms with Crippen molar-refractivity contribution in [3.63, 3.8) is 0 Å². The fourth-order valence-corrected chi connectivity index (χ4v) is 7.70. The van der Waals surface area contributed by atoms with Gasteiger partial charge in [0.1, 0.15) is 12.0 Å². The molecule has 42 heavy (non-hydrogen) atoms. The molecule has 2 unspecified atom stereocenters. The fourth-order valence-electron chi connectivity index (χ4n) is 6.89. The molecule has 224 valence electrons. The minimum absolute atomic E-state index is 0.00869. The molecule has 3 fully saturated rings. The molecule has 2 aromatic heterocycles. The first-order chi connectivity index (χ1) is 20.2. The molecule has 0 saturated carbocycles. The van der Waals surface area contributed by atoms with E-state index in [1.807, 2.05) is 39.3 Å². The highest BCUT2D eigenvalue weighted by Gasteiger charge is 2.45. The van der Waals surface area contributed by atoms with Gasteiger partial charge in [0.15, 0.2) is 11.6 Å². The topological polar surface area (TPSA) is 104 Å². The third-order valence-corrected chi connectivity index (χ3v) is 10.4. The number of aryl methyl sites for hydroxylation is 1. The van der Waals surface area contributed by atoms with Gasteiger partial charge < -0.3 is 25.0 Å². The number of carbonyl (C=O) groups is 2. The van der Waals surface area contributed by atoms with Gasteiger partial charge >= 0.3 is 0 Å². The maximum absolute atomic E-state index is 14.0. The Kier molecular flexibility index (Phi) is 8.11. The number of piperidine rings is 1. The summed E-state index contributed by atoms with van der Waals surface area (Å²) in [6, 6.07) is 9.55. The van der Waals surface area contributed by atoms with E-state index in [0.29, 0.717) is 24.1 Å². The lowest BCUT2D eigenvalue weighted by Gasteiger charge is -2.52. The molecule has 3 atom stereocenters. The molecule has 5 heterocycles. The third kappa shape index (κ3) is 5.58. The molecule has 10 heteroatoms. The summed E-state index contributed by atoms with van der Waals surface area (Å²) in [6.07, 6.45) is 3.84. The first-order valence-electron chi connectivity index (χ1n) is 15.3. The number of nitrogens with one attached hydrogen (secondary N) is 2. The van der Waals surface area contributed by atoms with Crippen molar-refractivity contribution in [2.24, 2.45) is 11.3 Å².